The highest BCUT2D eigenvalue weighted by molar-refractivity contribution is 5.95. The molecule has 1 amide bonds. The van der Waals surface area contributed by atoms with Gasteiger partial charge in [0.25, 0.3) is 11.6 Å². The molecule has 3 aromatic rings. The van der Waals surface area contributed by atoms with Crippen LogP contribution in [0.1, 0.15) is 15.9 Å². The van der Waals surface area contributed by atoms with E-state index in [-0.39, 0.29) is 29.2 Å². The summed E-state index contributed by atoms with van der Waals surface area (Å²) >= 11 is 0. The molecule has 1 N–H and O–H groups in total. The van der Waals surface area contributed by atoms with E-state index in [1.165, 1.54) is 42.6 Å². The number of nitrogens with one attached hydrogen (secondary N) is 1. The van der Waals surface area contributed by atoms with Crippen LogP contribution in [0, 0.1) is 20.2 Å². The molecule has 0 aliphatic heterocycles. The standard InChI is InChI=1S/C19H14N6O7/c26-18(12-23-11-14(10-21-23)24(28)29)22-20-9-13-5-7-15(8-6-13)32-19(27)16-3-1-2-4-17(16)25(30)31/h1-11H,12H2,(H,22,26). The highest BCUT2D eigenvalue weighted by atomic mass is 16.6. The first-order chi connectivity index (χ1) is 15.3. The summed E-state index contributed by atoms with van der Waals surface area (Å²) in [6.45, 7) is -0.258. The third kappa shape index (κ3) is 5.56. The Balaban J connectivity index is 1.54. The summed E-state index contributed by atoms with van der Waals surface area (Å²) in [5, 5.41) is 29.1. The Bertz CT molecular complexity index is 1200. The van der Waals surface area contributed by atoms with Crippen LogP contribution < -0.4 is 10.2 Å². The molecule has 0 atom stereocenters. The van der Waals surface area contributed by atoms with Gasteiger partial charge in [-0.2, -0.15) is 10.2 Å². The van der Waals surface area contributed by atoms with Gasteiger partial charge in [-0.05, 0) is 35.9 Å². The molecule has 162 valence electrons. The van der Waals surface area contributed by atoms with Gasteiger partial charge < -0.3 is 4.74 Å². The van der Waals surface area contributed by atoms with Gasteiger partial charge in [-0.15, -0.1) is 0 Å². The first kappa shape index (κ1) is 21.8. The molecule has 0 spiro atoms. The van der Waals surface area contributed by atoms with E-state index in [0.717, 1.165) is 17.1 Å². The van der Waals surface area contributed by atoms with E-state index in [4.69, 9.17) is 4.74 Å². The molecule has 3 rings (SSSR count). The van der Waals surface area contributed by atoms with Crippen molar-refractivity contribution in [1.29, 1.82) is 0 Å². The fourth-order valence-corrected chi connectivity index (χ4v) is 2.48. The van der Waals surface area contributed by atoms with E-state index in [0.29, 0.717) is 5.56 Å². The largest absolute Gasteiger partial charge is 0.423 e. The number of hydrazone groups is 1. The quantitative estimate of drug-likeness (QED) is 0.183. The minimum Gasteiger partial charge on any atom is -0.423 e. The number of hydrogen-bond donors (Lipinski definition) is 1. The Hall–Kier alpha value is -4.94. The van der Waals surface area contributed by atoms with Crippen LogP contribution in [0.15, 0.2) is 66.0 Å². The van der Waals surface area contributed by atoms with Gasteiger partial charge in [0.2, 0.25) is 0 Å². The Labute approximate surface area is 179 Å². The summed E-state index contributed by atoms with van der Waals surface area (Å²) in [5.41, 5.74) is 2.05. The second-order valence-electron chi connectivity index (χ2n) is 6.18. The van der Waals surface area contributed by atoms with Crippen molar-refractivity contribution in [3.8, 4) is 5.75 Å². The minimum atomic E-state index is -0.871. The van der Waals surface area contributed by atoms with Gasteiger partial charge in [-0.1, -0.05) is 12.1 Å². The third-order valence-corrected chi connectivity index (χ3v) is 3.95. The summed E-state index contributed by atoms with van der Waals surface area (Å²) < 4.78 is 6.26. The first-order valence-electron chi connectivity index (χ1n) is 8.88. The minimum absolute atomic E-state index is 0.162. The fraction of sp³-hybridized carbons (Fsp3) is 0.0526. The molecule has 0 saturated heterocycles. The van der Waals surface area contributed by atoms with E-state index in [1.54, 1.807) is 12.1 Å². The number of amides is 1. The average Bonchev–Trinajstić information content (AvgIpc) is 3.23. The lowest BCUT2D eigenvalue weighted by molar-refractivity contribution is -0.385. The number of nitro groups is 2. The van der Waals surface area contributed by atoms with Crippen molar-refractivity contribution < 1.29 is 24.2 Å². The zero-order valence-electron chi connectivity index (χ0n) is 16.2. The number of aromatic nitrogens is 2. The molecule has 1 aromatic heterocycles. The van der Waals surface area contributed by atoms with Gasteiger partial charge in [0.15, 0.2) is 0 Å². The molecule has 0 aliphatic carbocycles. The zero-order chi connectivity index (χ0) is 23.1. The maximum Gasteiger partial charge on any atom is 0.350 e. The van der Waals surface area contributed by atoms with Crippen molar-refractivity contribution in [3.05, 3.63) is 92.3 Å². The number of ether oxygens (including phenoxy) is 1. The Morgan fingerprint density at radius 2 is 1.81 bits per heavy atom. The number of carbonyl (C=O) groups excluding carboxylic acids is 2. The van der Waals surface area contributed by atoms with Crippen LogP contribution in [-0.4, -0.2) is 37.7 Å². The zero-order valence-corrected chi connectivity index (χ0v) is 16.2. The number of esters is 1. The molecule has 0 radical (unpaired) electrons. The normalized spacial score (nSPS) is 10.6. The van der Waals surface area contributed by atoms with Crippen LogP contribution >= 0.6 is 0 Å². The second kappa shape index (κ2) is 9.71. The number of nitro benzene ring substituents is 1. The molecule has 32 heavy (non-hydrogen) atoms. The van der Waals surface area contributed by atoms with Crippen molar-refractivity contribution in [1.82, 2.24) is 15.2 Å². The molecule has 0 unspecified atom stereocenters. The molecule has 13 nitrogen and oxygen atoms in total. The molecule has 0 aliphatic rings. The molecule has 0 fully saturated rings. The van der Waals surface area contributed by atoms with Crippen molar-refractivity contribution in [2.75, 3.05) is 0 Å². The number of nitrogens with zero attached hydrogens (tertiary/aromatic N) is 5. The van der Waals surface area contributed by atoms with Crippen LogP contribution in [0.25, 0.3) is 0 Å². The van der Waals surface area contributed by atoms with Gasteiger partial charge in [0.1, 0.15) is 30.3 Å². The van der Waals surface area contributed by atoms with Gasteiger partial charge in [0.05, 0.1) is 16.1 Å². The van der Waals surface area contributed by atoms with E-state index < -0.39 is 21.7 Å². The number of hydrogen-bond acceptors (Lipinski definition) is 9. The third-order valence-electron chi connectivity index (χ3n) is 3.95. The predicted octanol–water partition coefficient (Wildman–Crippen LogP) is 2.07. The van der Waals surface area contributed by atoms with E-state index >= 15 is 0 Å². The lowest BCUT2D eigenvalue weighted by Crippen LogP contribution is -2.23. The smallest absolute Gasteiger partial charge is 0.350 e. The highest BCUT2D eigenvalue weighted by Gasteiger charge is 2.21. The number of para-hydroxylation sites is 1. The molecular formula is C19H14N6O7. The summed E-state index contributed by atoms with van der Waals surface area (Å²) in [4.78, 5) is 44.4. The fourth-order valence-electron chi connectivity index (χ4n) is 2.48. The molecule has 0 saturated carbocycles. The second-order valence-corrected chi connectivity index (χ2v) is 6.18. The molecule has 0 bridgehead atoms. The summed E-state index contributed by atoms with van der Waals surface area (Å²) in [7, 11) is 0. The lowest BCUT2D eigenvalue weighted by Gasteiger charge is -2.05. The maximum atomic E-state index is 12.2. The van der Waals surface area contributed by atoms with Gasteiger partial charge in [-0.3, -0.25) is 29.7 Å². The molecule has 2 aromatic carbocycles. The van der Waals surface area contributed by atoms with Crippen LogP contribution in [0.4, 0.5) is 11.4 Å². The Kier molecular flexibility index (Phi) is 6.60. The van der Waals surface area contributed by atoms with E-state index in [2.05, 4.69) is 15.6 Å². The van der Waals surface area contributed by atoms with Crippen LogP contribution in [0.3, 0.4) is 0 Å². The number of benzene rings is 2. The van der Waals surface area contributed by atoms with Crippen LogP contribution in [0.2, 0.25) is 0 Å². The predicted molar refractivity (Wildman–Crippen MR) is 109 cm³/mol. The Morgan fingerprint density at radius 3 is 2.47 bits per heavy atom. The molecule has 1 heterocycles. The van der Waals surface area contributed by atoms with Crippen LogP contribution in [-0.2, 0) is 11.3 Å². The average molecular weight is 438 g/mol. The van der Waals surface area contributed by atoms with Crippen molar-refractivity contribution in [2.45, 2.75) is 6.54 Å². The maximum absolute atomic E-state index is 12.2. The highest BCUT2D eigenvalue weighted by Crippen LogP contribution is 2.20. The van der Waals surface area contributed by atoms with Crippen molar-refractivity contribution in [2.24, 2.45) is 5.10 Å². The summed E-state index contributed by atoms with van der Waals surface area (Å²) in [6.07, 6.45) is 3.48. The monoisotopic (exact) mass is 438 g/mol. The van der Waals surface area contributed by atoms with Crippen molar-refractivity contribution in [3.63, 3.8) is 0 Å². The molecule has 13 heteroatoms. The van der Waals surface area contributed by atoms with Gasteiger partial charge in [0, 0.05) is 6.07 Å². The van der Waals surface area contributed by atoms with E-state index in [1.807, 2.05) is 0 Å². The van der Waals surface area contributed by atoms with Crippen molar-refractivity contribution >= 4 is 29.5 Å². The van der Waals surface area contributed by atoms with Crippen LogP contribution in [0.5, 0.6) is 5.75 Å². The topological polar surface area (TPSA) is 172 Å². The SMILES string of the molecule is O=C(Cn1cc([N+](=O)[O-])cn1)NN=Cc1ccc(OC(=O)c2ccccc2[N+](=O)[O-])cc1. The van der Waals surface area contributed by atoms with Gasteiger partial charge >= 0.3 is 11.7 Å². The number of carbonyl (C=O) groups is 2. The molecular weight excluding hydrogens is 424 g/mol. The lowest BCUT2D eigenvalue weighted by atomic mass is 10.2. The first-order valence-corrected chi connectivity index (χ1v) is 8.88. The summed E-state index contributed by atoms with van der Waals surface area (Å²) in [5.74, 6) is -1.26. The van der Waals surface area contributed by atoms with E-state index in [9.17, 15) is 29.8 Å². The number of rotatable bonds is 8. The summed E-state index contributed by atoms with van der Waals surface area (Å²) in [6, 6.07) is 11.5. The van der Waals surface area contributed by atoms with Gasteiger partial charge in [-0.25, -0.2) is 10.2 Å². The Morgan fingerprint density at radius 1 is 1.09 bits per heavy atom.